The lowest BCUT2D eigenvalue weighted by molar-refractivity contribution is 0.170. The van der Waals surface area contributed by atoms with Crippen molar-refractivity contribution in [3.8, 4) is 5.75 Å². The molecule has 2 aromatic carbocycles. The van der Waals surface area contributed by atoms with Gasteiger partial charge in [-0.25, -0.2) is 8.42 Å². The monoisotopic (exact) mass is 505 g/mol. The van der Waals surface area contributed by atoms with E-state index in [-0.39, 0.29) is 10.6 Å². The summed E-state index contributed by atoms with van der Waals surface area (Å²) in [4.78, 5) is 3.04. The number of sulfone groups is 1. The molecule has 0 spiro atoms. The van der Waals surface area contributed by atoms with Gasteiger partial charge in [0, 0.05) is 38.3 Å². The second-order valence-electron chi connectivity index (χ2n) is 10.8. The van der Waals surface area contributed by atoms with Gasteiger partial charge >= 0.3 is 0 Å². The molecule has 1 saturated carbocycles. The Hall–Kier alpha value is -2.64. The van der Waals surface area contributed by atoms with Gasteiger partial charge in [-0.3, -0.25) is 9.58 Å². The molecule has 0 amide bonds. The first-order valence-corrected chi connectivity index (χ1v) is 14.9. The zero-order chi connectivity index (χ0) is 24.7. The van der Waals surface area contributed by atoms with Crippen LogP contribution in [0.25, 0.3) is 0 Å². The molecule has 0 bridgehead atoms. The van der Waals surface area contributed by atoms with Gasteiger partial charge < -0.3 is 4.74 Å². The Morgan fingerprint density at radius 2 is 1.89 bits per heavy atom. The van der Waals surface area contributed by atoms with Gasteiger partial charge in [0.25, 0.3) is 0 Å². The summed E-state index contributed by atoms with van der Waals surface area (Å²) in [5, 5.41) is 3.98. The first kappa shape index (κ1) is 23.7. The molecular formula is C29H35N3O3S. The van der Waals surface area contributed by atoms with E-state index >= 15 is 0 Å². The molecule has 0 radical (unpaired) electrons. The van der Waals surface area contributed by atoms with E-state index in [1.807, 2.05) is 0 Å². The van der Waals surface area contributed by atoms with Gasteiger partial charge in [-0.2, -0.15) is 5.10 Å². The van der Waals surface area contributed by atoms with Gasteiger partial charge in [0.15, 0.2) is 9.84 Å². The number of nitrogens with zero attached hydrogens (tertiary/aromatic N) is 3. The Kier molecular flexibility index (Phi) is 6.38. The molecular weight excluding hydrogens is 470 g/mol. The van der Waals surface area contributed by atoms with Crippen LogP contribution in [0.1, 0.15) is 41.9 Å². The number of ether oxygens (including phenoxy) is 1. The zero-order valence-electron chi connectivity index (χ0n) is 20.9. The van der Waals surface area contributed by atoms with Gasteiger partial charge in [-0.05, 0) is 72.8 Å². The fourth-order valence-corrected chi connectivity index (χ4v) is 7.57. The van der Waals surface area contributed by atoms with Gasteiger partial charge in [0.1, 0.15) is 10.6 Å². The maximum absolute atomic E-state index is 12.5. The topological polar surface area (TPSA) is 64.4 Å². The molecule has 2 aliphatic carbocycles. The Bertz CT molecular complexity index is 1310. The third-order valence-corrected chi connectivity index (χ3v) is 10.1. The highest BCUT2D eigenvalue weighted by atomic mass is 32.2. The van der Waals surface area contributed by atoms with Crippen LogP contribution in [0.4, 0.5) is 0 Å². The van der Waals surface area contributed by atoms with Crippen molar-refractivity contribution in [1.29, 1.82) is 0 Å². The van der Waals surface area contributed by atoms with Crippen LogP contribution >= 0.6 is 0 Å². The van der Waals surface area contributed by atoms with Gasteiger partial charge in [0.2, 0.25) is 0 Å². The van der Waals surface area contributed by atoms with Gasteiger partial charge in [0.05, 0.1) is 18.6 Å². The molecule has 2 heterocycles. The highest BCUT2D eigenvalue weighted by molar-refractivity contribution is 7.91. The SMILES string of the molecule is Cn1cc(S(=O)(=O)CCCOc2ccc3c(c2)C(Cc2ccccc2)C(N2CC4CC4C2)CC3)cn1. The van der Waals surface area contributed by atoms with Gasteiger partial charge in [-0.15, -0.1) is 0 Å². The average Bonchev–Trinajstić information content (AvgIpc) is 3.24. The molecule has 4 unspecified atom stereocenters. The van der Waals surface area contributed by atoms with E-state index in [2.05, 4.69) is 58.5 Å². The predicted octanol–water partition coefficient (Wildman–Crippen LogP) is 4.26. The number of hydrogen-bond acceptors (Lipinski definition) is 5. The van der Waals surface area contributed by atoms with Crippen LogP contribution in [0.2, 0.25) is 0 Å². The normalized spacial score (nSPS) is 25.4. The number of piperidine rings is 1. The van der Waals surface area contributed by atoms with Crippen molar-refractivity contribution in [3.05, 3.63) is 77.6 Å². The molecule has 6 rings (SSSR count). The van der Waals surface area contributed by atoms with Crippen molar-refractivity contribution < 1.29 is 13.2 Å². The molecule has 6 nitrogen and oxygen atoms in total. The molecule has 7 heteroatoms. The molecule has 0 N–H and O–H groups in total. The molecule has 3 aromatic rings. The van der Waals surface area contributed by atoms with Crippen molar-refractivity contribution >= 4 is 9.84 Å². The number of benzene rings is 2. The van der Waals surface area contributed by atoms with Crippen LogP contribution in [0, 0.1) is 11.8 Å². The highest BCUT2D eigenvalue weighted by Gasteiger charge is 2.48. The quantitative estimate of drug-likeness (QED) is 0.407. The number of likely N-dealkylation sites (tertiary alicyclic amines) is 1. The zero-order valence-corrected chi connectivity index (χ0v) is 21.7. The maximum atomic E-state index is 12.5. The molecule has 1 aliphatic heterocycles. The van der Waals surface area contributed by atoms with Crippen molar-refractivity contribution in [2.24, 2.45) is 18.9 Å². The summed E-state index contributed by atoms with van der Waals surface area (Å²) in [5.41, 5.74) is 4.23. The summed E-state index contributed by atoms with van der Waals surface area (Å²) in [6, 6.07) is 17.9. The molecule has 4 atom stereocenters. The third-order valence-electron chi connectivity index (χ3n) is 8.33. The van der Waals surface area contributed by atoms with Crippen LogP contribution in [0.15, 0.2) is 65.8 Å². The first-order valence-electron chi connectivity index (χ1n) is 13.2. The smallest absolute Gasteiger partial charge is 0.181 e. The van der Waals surface area contributed by atoms with E-state index in [0.717, 1.165) is 30.4 Å². The van der Waals surface area contributed by atoms with Crippen LogP contribution in [0.5, 0.6) is 5.75 Å². The molecule has 1 aromatic heterocycles. The fraction of sp³-hybridized carbons (Fsp3) is 0.483. The Balaban J connectivity index is 1.16. The molecule has 190 valence electrons. The van der Waals surface area contributed by atoms with E-state index in [0.29, 0.717) is 25.0 Å². The van der Waals surface area contributed by atoms with Crippen LogP contribution in [0.3, 0.4) is 0 Å². The predicted molar refractivity (Wildman–Crippen MR) is 140 cm³/mol. The summed E-state index contributed by atoms with van der Waals surface area (Å²) in [6.07, 6.45) is 8.20. The number of fused-ring (bicyclic) bond motifs is 2. The number of rotatable bonds is 9. The van der Waals surface area contributed by atoms with E-state index < -0.39 is 9.84 Å². The maximum Gasteiger partial charge on any atom is 0.181 e. The molecule has 3 aliphatic rings. The van der Waals surface area contributed by atoms with Crippen molar-refractivity contribution in [2.75, 3.05) is 25.4 Å². The Morgan fingerprint density at radius 1 is 1.08 bits per heavy atom. The number of hydrogen-bond donors (Lipinski definition) is 0. The molecule has 2 fully saturated rings. The minimum absolute atomic E-state index is 0.0552. The fourth-order valence-electron chi connectivity index (χ4n) is 6.32. The third kappa shape index (κ3) is 4.96. The first-order chi connectivity index (χ1) is 17.5. The lowest BCUT2D eigenvalue weighted by atomic mass is 9.75. The van der Waals surface area contributed by atoms with Crippen molar-refractivity contribution in [3.63, 3.8) is 0 Å². The Morgan fingerprint density at radius 3 is 2.64 bits per heavy atom. The van der Waals surface area contributed by atoms with E-state index in [9.17, 15) is 8.42 Å². The van der Waals surface area contributed by atoms with Crippen molar-refractivity contribution in [1.82, 2.24) is 14.7 Å². The lowest BCUT2D eigenvalue weighted by Crippen LogP contribution is -2.42. The second-order valence-corrected chi connectivity index (χ2v) is 13.0. The lowest BCUT2D eigenvalue weighted by Gasteiger charge is -2.40. The minimum Gasteiger partial charge on any atom is -0.494 e. The van der Waals surface area contributed by atoms with Gasteiger partial charge in [-0.1, -0.05) is 36.4 Å². The molecule has 1 saturated heterocycles. The summed E-state index contributed by atoms with van der Waals surface area (Å²) < 4.78 is 32.7. The van der Waals surface area contributed by atoms with Crippen LogP contribution in [-0.2, 0) is 29.7 Å². The highest BCUT2D eigenvalue weighted by Crippen LogP contribution is 2.49. The summed E-state index contributed by atoms with van der Waals surface area (Å²) in [6.45, 7) is 2.90. The average molecular weight is 506 g/mol. The van der Waals surface area contributed by atoms with E-state index in [4.69, 9.17) is 4.74 Å². The minimum atomic E-state index is -3.34. The number of aryl methyl sites for hydroxylation is 2. The summed E-state index contributed by atoms with van der Waals surface area (Å²) in [7, 11) is -1.62. The molecule has 36 heavy (non-hydrogen) atoms. The summed E-state index contributed by atoms with van der Waals surface area (Å²) >= 11 is 0. The van der Waals surface area contributed by atoms with Crippen LogP contribution < -0.4 is 4.74 Å². The van der Waals surface area contributed by atoms with Crippen LogP contribution in [-0.4, -0.2) is 54.6 Å². The Labute approximate surface area is 214 Å². The van der Waals surface area contributed by atoms with Crippen molar-refractivity contribution in [2.45, 2.75) is 49.0 Å². The second kappa shape index (κ2) is 9.67. The van der Waals surface area contributed by atoms with E-state index in [1.165, 1.54) is 53.5 Å². The standard InChI is InChI=1S/C29H35N3O3S/c1-31-20-26(17-30-31)36(33,34)13-5-12-35-25-10-8-22-9-11-29(32-18-23-15-24(23)19-32)28(27(22)16-25)14-21-6-3-2-4-7-21/h2-4,6-8,10,16-17,20,23-24,28-29H,5,9,11-15,18-19H2,1H3. The number of aromatic nitrogens is 2. The van der Waals surface area contributed by atoms with E-state index in [1.54, 1.807) is 13.2 Å². The summed E-state index contributed by atoms with van der Waals surface area (Å²) in [5.74, 6) is 3.21. The largest absolute Gasteiger partial charge is 0.494 e.